The van der Waals surface area contributed by atoms with Crippen molar-refractivity contribution in [1.29, 1.82) is 0 Å². The van der Waals surface area contributed by atoms with Crippen LogP contribution in [0.15, 0.2) is 10.8 Å². The number of oxazole rings is 1. The number of carbonyl (C=O) groups excluding carboxylic acids is 1. The highest BCUT2D eigenvalue weighted by Crippen LogP contribution is 2.39. The summed E-state index contributed by atoms with van der Waals surface area (Å²) in [7, 11) is 0. The van der Waals surface area contributed by atoms with Crippen LogP contribution in [0.4, 0.5) is 0 Å². The van der Waals surface area contributed by atoms with Crippen LogP contribution >= 0.6 is 0 Å². The second-order valence-electron chi connectivity index (χ2n) is 6.51. The highest BCUT2D eigenvalue weighted by atomic mass is 16.5. The van der Waals surface area contributed by atoms with Gasteiger partial charge < -0.3 is 19.2 Å². The average Bonchev–Trinajstić information content (AvgIpc) is 2.84. The molecule has 1 aromatic heterocycles. The van der Waals surface area contributed by atoms with Gasteiger partial charge in [-0.05, 0) is 33.1 Å². The molecule has 0 bridgehead atoms. The van der Waals surface area contributed by atoms with Crippen molar-refractivity contribution in [3.8, 4) is 0 Å². The monoisotopic (exact) mass is 294 g/mol. The standard InChI is InChI=1S/C15H22N2O4/c1-11-12(20-10-16-11)13(18)17-6-3-15(4-7-17)9-14(2,19)5-8-21-15/h10,19H,3-9H2,1-2H3. The number of rotatable bonds is 1. The van der Waals surface area contributed by atoms with E-state index in [1.54, 1.807) is 11.8 Å². The Kier molecular flexibility index (Phi) is 3.53. The second-order valence-corrected chi connectivity index (χ2v) is 6.51. The zero-order valence-electron chi connectivity index (χ0n) is 12.6. The third-order valence-electron chi connectivity index (χ3n) is 4.65. The van der Waals surface area contributed by atoms with E-state index in [2.05, 4.69) is 4.98 Å². The molecule has 1 N–H and O–H groups in total. The largest absolute Gasteiger partial charge is 0.438 e. The average molecular weight is 294 g/mol. The van der Waals surface area contributed by atoms with E-state index in [0.29, 0.717) is 44.0 Å². The van der Waals surface area contributed by atoms with Crippen LogP contribution in [0.3, 0.4) is 0 Å². The number of ether oxygens (including phenoxy) is 1. The Hall–Kier alpha value is -1.40. The Morgan fingerprint density at radius 1 is 1.38 bits per heavy atom. The molecule has 3 rings (SSSR count). The Morgan fingerprint density at radius 3 is 2.67 bits per heavy atom. The van der Waals surface area contributed by atoms with Crippen molar-refractivity contribution in [2.24, 2.45) is 0 Å². The van der Waals surface area contributed by atoms with Crippen LogP contribution in [-0.4, -0.2) is 51.8 Å². The molecule has 116 valence electrons. The summed E-state index contributed by atoms with van der Waals surface area (Å²) in [5, 5.41) is 10.3. The predicted molar refractivity (Wildman–Crippen MR) is 74.9 cm³/mol. The third-order valence-corrected chi connectivity index (χ3v) is 4.65. The molecule has 2 fully saturated rings. The van der Waals surface area contributed by atoms with Gasteiger partial charge >= 0.3 is 0 Å². The van der Waals surface area contributed by atoms with Gasteiger partial charge in [0.15, 0.2) is 6.39 Å². The summed E-state index contributed by atoms with van der Waals surface area (Å²) in [4.78, 5) is 18.1. The van der Waals surface area contributed by atoms with E-state index in [4.69, 9.17) is 9.15 Å². The van der Waals surface area contributed by atoms with Crippen molar-refractivity contribution in [2.45, 2.75) is 50.7 Å². The molecule has 0 aromatic carbocycles. The third kappa shape index (κ3) is 2.82. The summed E-state index contributed by atoms with van der Waals surface area (Å²) in [6.07, 6.45) is 4.12. The van der Waals surface area contributed by atoms with Gasteiger partial charge in [0.1, 0.15) is 0 Å². The summed E-state index contributed by atoms with van der Waals surface area (Å²) in [6.45, 7) is 5.46. The minimum atomic E-state index is -0.661. The number of piperidine rings is 1. The maximum atomic E-state index is 12.4. The van der Waals surface area contributed by atoms with Crippen molar-refractivity contribution in [3.05, 3.63) is 17.8 Å². The van der Waals surface area contributed by atoms with Gasteiger partial charge in [-0.1, -0.05) is 0 Å². The normalized spacial score (nSPS) is 28.8. The van der Waals surface area contributed by atoms with E-state index in [0.717, 1.165) is 12.8 Å². The van der Waals surface area contributed by atoms with Crippen molar-refractivity contribution < 1.29 is 19.1 Å². The van der Waals surface area contributed by atoms with Gasteiger partial charge in [0.05, 0.1) is 23.5 Å². The number of likely N-dealkylation sites (tertiary alicyclic amines) is 1. The molecule has 2 aliphatic rings. The van der Waals surface area contributed by atoms with Crippen LogP contribution in [0.25, 0.3) is 0 Å². The minimum absolute atomic E-state index is 0.109. The van der Waals surface area contributed by atoms with E-state index in [1.807, 2.05) is 6.92 Å². The number of aromatic nitrogens is 1. The number of carbonyl (C=O) groups is 1. The maximum absolute atomic E-state index is 12.4. The van der Waals surface area contributed by atoms with E-state index < -0.39 is 5.60 Å². The molecule has 1 aromatic rings. The summed E-state index contributed by atoms with van der Waals surface area (Å²) in [5.41, 5.74) is -0.321. The zero-order valence-corrected chi connectivity index (χ0v) is 12.6. The number of aliphatic hydroxyl groups is 1. The number of nitrogens with zero attached hydrogens (tertiary/aromatic N) is 2. The Balaban J connectivity index is 1.65. The lowest BCUT2D eigenvalue weighted by Crippen LogP contribution is -2.54. The van der Waals surface area contributed by atoms with E-state index in [9.17, 15) is 9.90 Å². The van der Waals surface area contributed by atoms with Crippen LogP contribution in [0.5, 0.6) is 0 Å². The maximum Gasteiger partial charge on any atom is 0.291 e. The molecule has 1 atom stereocenters. The van der Waals surface area contributed by atoms with Gasteiger partial charge in [0, 0.05) is 19.5 Å². The lowest BCUT2D eigenvalue weighted by molar-refractivity contribution is -0.170. The topological polar surface area (TPSA) is 75.8 Å². The molecule has 0 saturated carbocycles. The molecule has 1 amide bonds. The fraction of sp³-hybridized carbons (Fsp3) is 0.733. The van der Waals surface area contributed by atoms with Gasteiger partial charge in [-0.2, -0.15) is 0 Å². The van der Waals surface area contributed by atoms with Crippen LogP contribution in [0, 0.1) is 6.92 Å². The quantitative estimate of drug-likeness (QED) is 0.850. The van der Waals surface area contributed by atoms with Crippen molar-refractivity contribution in [2.75, 3.05) is 19.7 Å². The first-order chi connectivity index (χ1) is 9.91. The first-order valence-electron chi connectivity index (χ1n) is 7.47. The fourth-order valence-corrected chi connectivity index (χ4v) is 3.41. The molecule has 2 saturated heterocycles. The van der Waals surface area contributed by atoms with Crippen molar-refractivity contribution in [3.63, 3.8) is 0 Å². The SMILES string of the molecule is Cc1ncoc1C(=O)N1CCC2(CC1)CC(C)(O)CCO2. The van der Waals surface area contributed by atoms with Crippen molar-refractivity contribution in [1.82, 2.24) is 9.88 Å². The Labute approximate surface area is 124 Å². The lowest BCUT2D eigenvalue weighted by atomic mass is 9.78. The number of hydrogen-bond acceptors (Lipinski definition) is 5. The summed E-state index contributed by atoms with van der Waals surface area (Å²) in [6, 6.07) is 0. The number of hydrogen-bond donors (Lipinski definition) is 1. The van der Waals surface area contributed by atoms with E-state index in [-0.39, 0.29) is 11.5 Å². The molecular weight excluding hydrogens is 272 g/mol. The van der Waals surface area contributed by atoms with E-state index in [1.165, 1.54) is 6.39 Å². The molecular formula is C15H22N2O4. The van der Waals surface area contributed by atoms with Crippen molar-refractivity contribution >= 4 is 5.91 Å². The molecule has 6 nitrogen and oxygen atoms in total. The van der Waals surface area contributed by atoms with Gasteiger partial charge in [-0.25, -0.2) is 4.98 Å². The Morgan fingerprint density at radius 2 is 2.10 bits per heavy atom. The summed E-state index contributed by atoms with van der Waals surface area (Å²) >= 11 is 0. The van der Waals surface area contributed by atoms with Crippen LogP contribution < -0.4 is 0 Å². The van der Waals surface area contributed by atoms with E-state index >= 15 is 0 Å². The first kappa shape index (κ1) is 14.5. The highest BCUT2D eigenvalue weighted by molar-refractivity contribution is 5.92. The molecule has 6 heteroatoms. The van der Waals surface area contributed by atoms with Gasteiger partial charge in [-0.3, -0.25) is 4.79 Å². The fourth-order valence-electron chi connectivity index (χ4n) is 3.41. The highest BCUT2D eigenvalue weighted by Gasteiger charge is 2.45. The molecule has 0 aliphatic carbocycles. The summed E-state index contributed by atoms with van der Waals surface area (Å²) < 4.78 is 11.1. The van der Waals surface area contributed by atoms with Crippen LogP contribution in [0.1, 0.15) is 48.9 Å². The van der Waals surface area contributed by atoms with Crippen LogP contribution in [0.2, 0.25) is 0 Å². The molecule has 1 unspecified atom stereocenters. The molecule has 21 heavy (non-hydrogen) atoms. The van der Waals surface area contributed by atoms with Gasteiger partial charge in [-0.15, -0.1) is 0 Å². The number of amides is 1. The minimum Gasteiger partial charge on any atom is -0.438 e. The van der Waals surface area contributed by atoms with Crippen LogP contribution in [-0.2, 0) is 4.74 Å². The van der Waals surface area contributed by atoms with Gasteiger partial charge in [0.2, 0.25) is 5.76 Å². The van der Waals surface area contributed by atoms with Gasteiger partial charge in [0.25, 0.3) is 5.91 Å². The second kappa shape index (κ2) is 5.10. The predicted octanol–water partition coefficient (Wildman–Crippen LogP) is 1.52. The number of aryl methyl sites for hydroxylation is 1. The lowest BCUT2D eigenvalue weighted by Gasteiger charge is -2.48. The zero-order chi connectivity index (χ0) is 15.1. The first-order valence-corrected chi connectivity index (χ1v) is 7.47. The molecule has 2 aliphatic heterocycles. The molecule has 3 heterocycles. The Bertz CT molecular complexity index is 530. The molecule has 0 radical (unpaired) electrons. The molecule has 1 spiro atoms. The summed E-state index contributed by atoms with van der Waals surface area (Å²) in [5.74, 6) is 0.213. The smallest absolute Gasteiger partial charge is 0.291 e.